The van der Waals surface area contributed by atoms with Crippen molar-refractivity contribution in [1.82, 2.24) is 0 Å². The van der Waals surface area contributed by atoms with E-state index in [-0.39, 0.29) is 18.0 Å². The van der Waals surface area contributed by atoms with Gasteiger partial charge in [0, 0.05) is 24.1 Å². The summed E-state index contributed by atoms with van der Waals surface area (Å²) < 4.78 is 11.0. The molecule has 2 aromatic rings. The van der Waals surface area contributed by atoms with Gasteiger partial charge in [-0.05, 0) is 49.4 Å². The highest BCUT2D eigenvalue weighted by Gasteiger charge is 2.38. The first-order valence-corrected chi connectivity index (χ1v) is 9.72. The van der Waals surface area contributed by atoms with Crippen molar-refractivity contribution in [3.63, 3.8) is 0 Å². The third-order valence-corrected chi connectivity index (χ3v) is 5.60. The van der Waals surface area contributed by atoms with Crippen LogP contribution in [0.3, 0.4) is 0 Å². The molecule has 0 radical (unpaired) electrons. The van der Waals surface area contributed by atoms with Gasteiger partial charge < -0.3 is 25.4 Å². The molecule has 29 heavy (non-hydrogen) atoms. The van der Waals surface area contributed by atoms with Crippen LogP contribution in [0.1, 0.15) is 41.7 Å². The normalized spacial score (nSPS) is 19.4. The van der Waals surface area contributed by atoms with E-state index in [2.05, 4.69) is 5.32 Å². The van der Waals surface area contributed by atoms with Crippen molar-refractivity contribution in [2.45, 2.75) is 31.8 Å². The zero-order chi connectivity index (χ0) is 21.0. The van der Waals surface area contributed by atoms with Crippen LogP contribution in [0.2, 0.25) is 0 Å². The Morgan fingerprint density at radius 3 is 2.48 bits per heavy atom. The first-order valence-electron chi connectivity index (χ1n) is 9.72. The van der Waals surface area contributed by atoms with Crippen LogP contribution in [-0.4, -0.2) is 38.6 Å². The number of nitrogens with two attached hydrogens (primary N) is 1. The Kier molecular flexibility index (Phi) is 6.39. The summed E-state index contributed by atoms with van der Waals surface area (Å²) in [5.74, 6) is 1.02. The SMILES string of the molecule is COc1ccc(OC)c([C@H]2CCC[NH+]2[C@@H](C)C(=O)Nc2ccc(C(N)=O)cc2)c1. The quantitative estimate of drug-likeness (QED) is 0.660. The monoisotopic (exact) mass is 398 g/mol. The number of benzene rings is 2. The summed E-state index contributed by atoms with van der Waals surface area (Å²) in [5.41, 5.74) is 7.37. The minimum Gasteiger partial charge on any atom is -0.497 e. The zero-order valence-electron chi connectivity index (χ0n) is 17.0. The molecule has 0 saturated carbocycles. The van der Waals surface area contributed by atoms with Gasteiger partial charge >= 0.3 is 0 Å². The van der Waals surface area contributed by atoms with Gasteiger partial charge in [0.15, 0.2) is 6.04 Å². The van der Waals surface area contributed by atoms with E-state index < -0.39 is 5.91 Å². The number of hydrogen-bond donors (Lipinski definition) is 3. The Morgan fingerprint density at radius 1 is 1.14 bits per heavy atom. The van der Waals surface area contributed by atoms with E-state index in [0.717, 1.165) is 36.4 Å². The number of ether oxygens (including phenoxy) is 2. The lowest BCUT2D eigenvalue weighted by atomic mass is 10.0. The van der Waals surface area contributed by atoms with E-state index in [4.69, 9.17) is 15.2 Å². The molecule has 3 rings (SSSR count). The van der Waals surface area contributed by atoms with Gasteiger partial charge in [-0.3, -0.25) is 9.59 Å². The minimum atomic E-state index is -0.493. The summed E-state index contributed by atoms with van der Waals surface area (Å²) in [4.78, 5) is 25.3. The molecule has 0 aliphatic carbocycles. The summed E-state index contributed by atoms with van der Waals surface area (Å²) in [6.45, 7) is 2.84. The predicted octanol–water partition coefficient (Wildman–Crippen LogP) is 1.55. The van der Waals surface area contributed by atoms with Crippen molar-refractivity contribution in [3.8, 4) is 11.5 Å². The number of hydrogen-bond acceptors (Lipinski definition) is 4. The predicted molar refractivity (Wildman–Crippen MR) is 110 cm³/mol. The smallest absolute Gasteiger partial charge is 0.282 e. The molecule has 1 heterocycles. The van der Waals surface area contributed by atoms with E-state index in [0.29, 0.717) is 11.3 Å². The number of anilines is 1. The summed E-state index contributed by atoms with van der Waals surface area (Å²) in [6.07, 6.45) is 2.01. The molecule has 1 aliphatic rings. The van der Waals surface area contributed by atoms with Crippen LogP contribution in [0.4, 0.5) is 5.69 Å². The maximum atomic E-state index is 12.9. The topological polar surface area (TPSA) is 95.1 Å². The molecule has 4 N–H and O–H groups in total. The maximum absolute atomic E-state index is 12.9. The van der Waals surface area contributed by atoms with Crippen LogP contribution in [0.5, 0.6) is 11.5 Å². The molecule has 7 nitrogen and oxygen atoms in total. The van der Waals surface area contributed by atoms with Crippen LogP contribution in [0, 0.1) is 0 Å². The first kappa shape index (κ1) is 20.7. The number of quaternary nitrogens is 1. The molecule has 0 bridgehead atoms. The lowest BCUT2D eigenvalue weighted by Crippen LogP contribution is -3.15. The van der Waals surface area contributed by atoms with E-state index in [1.165, 1.54) is 4.90 Å². The first-order chi connectivity index (χ1) is 13.9. The Labute approximate surface area is 170 Å². The van der Waals surface area contributed by atoms with E-state index in [1.807, 2.05) is 25.1 Å². The Hall–Kier alpha value is -3.06. The number of primary amides is 1. The molecular formula is C22H28N3O4+. The van der Waals surface area contributed by atoms with Crippen LogP contribution in [0.25, 0.3) is 0 Å². The van der Waals surface area contributed by atoms with Crippen molar-refractivity contribution >= 4 is 17.5 Å². The Morgan fingerprint density at radius 2 is 1.86 bits per heavy atom. The molecule has 2 aromatic carbocycles. The second-order valence-electron chi connectivity index (χ2n) is 7.28. The molecular weight excluding hydrogens is 370 g/mol. The standard InChI is InChI=1S/C22H27N3O4/c1-14(22(27)24-16-8-6-15(7-9-16)21(23)26)25-12-4-5-19(25)18-13-17(28-2)10-11-20(18)29-3/h6-11,13-14,19H,4-5,12H2,1-3H3,(H2,23,26)(H,24,27)/p+1/t14-,19+/m0/s1. The Balaban J connectivity index is 1.76. The van der Waals surface area contributed by atoms with Crippen LogP contribution in [-0.2, 0) is 4.79 Å². The molecule has 7 heteroatoms. The number of amides is 2. The molecule has 0 aromatic heterocycles. The molecule has 1 saturated heterocycles. The van der Waals surface area contributed by atoms with Crippen molar-refractivity contribution < 1.29 is 24.0 Å². The summed E-state index contributed by atoms with van der Waals surface area (Å²) in [6, 6.07) is 12.3. The van der Waals surface area contributed by atoms with Gasteiger partial charge in [0.1, 0.15) is 17.5 Å². The van der Waals surface area contributed by atoms with Crippen LogP contribution >= 0.6 is 0 Å². The molecule has 2 amide bonds. The number of methoxy groups -OCH3 is 2. The maximum Gasteiger partial charge on any atom is 0.282 e. The lowest BCUT2D eigenvalue weighted by Gasteiger charge is -2.28. The second-order valence-corrected chi connectivity index (χ2v) is 7.28. The van der Waals surface area contributed by atoms with Gasteiger partial charge in [0.05, 0.1) is 26.3 Å². The third kappa shape index (κ3) is 4.51. The minimum absolute atomic E-state index is 0.0689. The Bertz CT molecular complexity index is 882. The summed E-state index contributed by atoms with van der Waals surface area (Å²) >= 11 is 0. The molecule has 3 atom stereocenters. The van der Waals surface area contributed by atoms with E-state index in [1.54, 1.807) is 38.5 Å². The molecule has 1 fully saturated rings. The number of likely N-dealkylation sites (tertiary alicyclic amines) is 1. The van der Waals surface area contributed by atoms with Crippen molar-refractivity contribution in [2.24, 2.45) is 5.73 Å². The molecule has 1 unspecified atom stereocenters. The highest BCUT2D eigenvalue weighted by Crippen LogP contribution is 2.32. The lowest BCUT2D eigenvalue weighted by molar-refractivity contribution is -0.932. The molecule has 154 valence electrons. The second kappa shape index (κ2) is 8.96. The van der Waals surface area contributed by atoms with Gasteiger partial charge in [-0.1, -0.05) is 0 Å². The van der Waals surface area contributed by atoms with Crippen LogP contribution in [0.15, 0.2) is 42.5 Å². The zero-order valence-corrected chi connectivity index (χ0v) is 17.0. The van der Waals surface area contributed by atoms with Gasteiger partial charge in [-0.2, -0.15) is 0 Å². The number of rotatable bonds is 7. The number of carbonyl (C=O) groups is 2. The van der Waals surface area contributed by atoms with Gasteiger partial charge in [-0.15, -0.1) is 0 Å². The van der Waals surface area contributed by atoms with Crippen molar-refractivity contribution in [3.05, 3.63) is 53.6 Å². The average Bonchev–Trinajstić information content (AvgIpc) is 3.22. The highest BCUT2D eigenvalue weighted by molar-refractivity contribution is 5.95. The van der Waals surface area contributed by atoms with Crippen LogP contribution < -0.4 is 25.4 Å². The van der Waals surface area contributed by atoms with Gasteiger partial charge in [-0.25, -0.2) is 0 Å². The highest BCUT2D eigenvalue weighted by atomic mass is 16.5. The summed E-state index contributed by atoms with van der Waals surface area (Å²) in [7, 11) is 3.30. The fraction of sp³-hybridized carbons (Fsp3) is 0.364. The third-order valence-electron chi connectivity index (χ3n) is 5.60. The molecule has 0 spiro atoms. The van der Waals surface area contributed by atoms with Crippen molar-refractivity contribution in [2.75, 3.05) is 26.1 Å². The van der Waals surface area contributed by atoms with Gasteiger partial charge in [0.25, 0.3) is 5.91 Å². The van der Waals surface area contributed by atoms with E-state index in [9.17, 15) is 9.59 Å². The molecule has 1 aliphatic heterocycles. The largest absolute Gasteiger partial charge is 0.497 e. The number of carbonyl (C=O) groups excluding carboxylic acids is 2. The van der Waals surface area contributed by atoms with Gasteiger partial charge in [0.2, 0.25) is 5.91 Å². The average molecular weight is 398 g/mol. The van der Waals surface area contributed by atoms with Crippen molar-refractivity contribution in [1.29, 1.82) is 0 Å². The number of nitrogens with one attached hydrogen (secondary N) is 2. The fourth-order valence-electron chi connectivity index (χ4n) is 3.99. The summed E-state index contributed by atoms with van der Waals surface area (Å²) in [5, 5.41) is 2.94. The fourth-order valence-corrected chi connectivity index (χ4v) is 3.99. The van der Waals surface area contributed by atoms with E-state index >= 15 is 0 Å².